The van der Waals surface area contributed by atoms with E-state index in [2.05, 4.69) is 4.90 Å². The molecular weight excluding hydrogens is 216 g/mol. The zero-order chi connectivity index (χ0) is 13.1. The molecule has 2 N–H and O–H groups in total. The number of ether oxygens (including phenoxy) is 1. The van der Waals surface area contributed by atoms with Crippen molar-refractivity contribution in [2.24, 2.45) is 11.7 Å². The predicted molar refractivity (Wildman–Crippen MR) is 68.7 cm³/mol. The van der Waals surface area contributed by atoms with Crippen LogP contribution in [-0.2, 0) is 9.53 Å². The maximum atomic E-state index is 11.7. The van der Waals surface area contributed by atoms with Gasteiger partial charge in [-0.3, -0.25) is 9.69 Å². The molecule has 0 bridgehead atoms. The summed E-state index contributed by atoms with van der Waals surface area (Å²) < 4.78 is 5.32. The van der Waals surface area contributed by atoms with E-state index in [1.807, 2.05) is 27.7 Å². The number of piperidine rings is 1. The van der Waals surface area contributed by atoms with Gasteiger partial charge in [0.05, 0.1) is 6.54 Å². The van der Waals surface area contributed by atoms with Crippen LogP contribution in [0.1, 0.15) is 40.5 Å². The quantitative estimate of drug-likeness (QED) is 0.760. The third-order valence-electron chi connectivity index (χ3n) is 3.06. The van der Waals surface area contributed by atoms with E-state index in [1.165, 1.54) is 6.42 Å². The largest absolute Gasteiger partial charge is 0.459 e. The predicted octanol–water partition coefficient (Wildman–Crippen LogP) is 1.39. The van der Waals surface area contributed by atoms with Gasteiger partial charge in [-0.2, -0.15) is 0 Å². The second-order valence-corrected chi connectivity index (χ2v) is 6.08. The zero-order valence-electron chi connectivity index (χ0n) is 11.5. The smallest absolute Gasteiger partial charge is 0.320 e. The van der Waals surface area contributed by atoms with Crippen molar-refractivity contribution in [1.82, 2.24) is 4.90 Å². The van der Waals surface area contributed by atoms with Gasteiger partial charge in [0, 0.05) is 12.6 Å². The average molecular weight is 242 g/mol. The van der Waals surface area contributed by atoms with Gasteiger partial charge in [0.1, 0.15) is 5.60 Å². The highest BCUT2D eigenvalue weighted by atomic mass is 16.6. The van der Waals surface area contributed by atoms with Gasteiger partial charge < -0.3 is 10.5 Å². The van der Waals surface area contributed by atoms with Crippen molar-refractivity contribution < 1.29 is 9.53 Å². The van der Waals surface area contributed by atoms with Crippen LogP contribution in [0.5, 0.6) is 0 Å². The highest BCUT2D eigenvalue weighted by molar-refractivity contribution is 5.72. The number of hydrogen-bond acceptors (Lipinski definition) is 4. The average Bonchev–Trinajstić information content (AvgIpc) is 2.14. The van der Waals surface area contributed by atoms with E-state index in [1.54, 1.807) is 0 Å². The lowest BCUT2D eigenvalue weighted by molar-refractivity contribution is -0.156. The monoisotopic (exact) mass is 242 g/mol. The maximum absolute atomic E-state index is 11.7. The van der Waals surface area contributed by atoms with Crippen molar-refractivity contribution in [2.45, 2.75) is 52.2 Å². The van der Waals surface area contributed by atoms with Crippen LogP contribution in [0.15, 0.2) is 0 Å². The van der Waals surface area contributed by atoms with Gasteiger partial charge in [-0.05, 0) is 53.0 Å². The Balaban J connectivity index is 2.38. The van der Waals surface area contributed by atoms with Crippen LogP contribution in [0, 0.1) is 5.92 Å². The summed E-state index contributed by atoms with van der Waals surface area (Å²) in [5, 5.41) is 0. The molecule has 2 unspecified atom stereocenters. The fraction of sp³-hybridized carbons (Fsp3) is 0.923. The van der Waals surface area contributed by atoms with E-state index >= 15 is 0 Å². The second-order valence-electron chi connectivity index (χ2n) is 6.08. The van der Waals surface area contributed by atoms with Crippen LogP contribution >= 0.6 is 0 Å². The molecule has 1 rings (SSSR count). The van der Waals surface area contributed by atoms with Gasteiger partial charge in [-0.15, -0.1) is 0 Å². The number of carbonyl (C=O) groups excluding carboxylic acids is 1. The number of likely N-dealkylation sites (tertiary alicyclic amines) is 1. The molecule has 0 radical (unpaired) electrons. The van der Waals surface area contributed by atoms with E-state index in [0.29, 0.717) is 12.5 Å². The lowest BCUT2D eigenvalue weighted by Crippen LogP contribution is -2.45. The van der Waals surface area contributed by atoms with E-state index in [0.717, 1.165) is 19.5 Å². The Morgan fingerprint density at radius 1 is 1.53 bits per heavy atom. The summed E-state index contributed by atoms with van der Waals surface area (Å²) in [7, 11) is 0. The Kier molecular flexibility index (Phi) is 4.95. The fourth-order valence-corrected chi connectivity index (χ4v) is 2.22. The SMILES string of the molecule is CC(N)C1CCCN(CC(=O)OC(C)(C)C)C1. The number of nitrogens with zero attached hydrogens (tertiary/aromatic N) is 1. The maximum Gasteiger partial charge on any atom is 0.320 e. The van der Waals surface area contributed by atoms with Gasteiger partial charge in [0.2, 0.25) is 0 Å². The first-order chi connectivity index (χ1) is 7.78. The number of carbonyl (C=O) groups is 1. The number of esters is 1. The number of rotatable bonds is 3. The number of hydrogen-bond donors (Lipinski definition) is 1. The van der Waals surface area contributed by atoms with Crippen LogP contribution in [0.3, 0.4) is 0 Å². The molecule has 1 heterocycles. The second kappa shape index (κ2) is 5.83. The molecule has 4 nitrogen and oxygen atoms in total. The molecule has 1 aliphatic rings. The Hall–Kier alpha value is -0.610. The minimum atomic E-state index is -0.395. The van der Waals surface area contributed by atoms with Crippen LogP contribution in [0.4, 0.5) is 0 Å². The van der Waals surface area contributed by atoms with E-state index in [4.69, 9.17) is 10.5 Å². The summed E-state index contributed by atoms with van der Waals surface area (Å²) >= 11 is 0. The summed E-state index contributed by atoms with van der Waals surface area (Å²) in [6, 6.07) is 0.205. The van der Waals surface area contributed by atoms with E-state index < -0.39 is 5.60 Å². The first-order valence-corrected chi connectivity index (χ1v) is 6.48. The summed E-state index contributed by atoms with van der Waals surface area (Å²) in [6.45, 7) is 10.0. The van der Waals surface area contributed by atoms with E-state index in [9.17, 15) is 4.79 Å². The van der Waals surface area contributed by atoms with Gasteiger partial charge in [-0.1, -0.05) is 0 Å². The fourth-order valence-electron chi connectivity index (χ4n) is 2.22. The van der Waals surface area contributed by atoms with Crippen molar-refractivity contribution in [3.05, 3.63) is 0 Å². The van der Waals surface area contributed by atoms with E-state index in [-0.39, 0.29) is 12.0 Å². The lowest BCUT2D eigenvalue weighted by Gasteiger charge is -2.34. The van der Waals surface area contributed by atoms with Crippen molar-refractivity contribution >= 4 is 5.97 Å². The zero-order valence-corrected chi connectivity index (χ0v) is 11.5. The highest BCUT2D eigenvalue weighted by Crippen LogP contribution is 2.19. The molecule has 0 aromatic heterocycles. The molecule has 2 atom stereocenters. The van der Waals surface area contributed by atoms with Crippen LogP contribution < -0.4 is 5.73 Å². The molecule has 0 aliphatic carbocycles. The first-order valence-electron chi connectivity index (χ1n) is 6.48. The molecule has 1 fully saturated rings. The molecule has 0 saturated carbocycles. The topological polar surface area (TPSA) is 55.6 Å². The molecule has 17 heavy (non-hydrogen) atoms. The third-order valence-corrected chi connectivity index (χ3v) is 3.06. The van der Waals surface area contributed by atoms with Gasteiger partial charge >= 0.3 is 5.97 Å². The Labute approximate surface area is 104 Å². The van der Waals surface area contributed by atoms with Crippen molar-refractivity contribution in [2.75, 3.05) is 19.6 Å². The first kappa shape index (κ1) is 14.5. The standard InChI is InChI=1S/C13H26N2O2/c1-10(14)11-6-5-7-15(8-11)9-12(16)17-13(2,3)4/h10-11H,5-9,14H2,1-4H3. The van der Waals surface area contributed by atoms with Crippen molar-refractivity contribution in [1.29, 1.82) is 0 Å². The highest BCUT2D eigenvalue weighted by Gasteiger charge is 2.25. The summed E-state index contributed by atoms with van der Waals surface area (Å²) in [4.78, 5) is 13.9. The normalized spacial score (nSPS) is 24.4. The Morgan fingerprint density at radius 3 is 2.71 bits per heavy atom. The molecular formula is C13H26N2O2. The molecule has 0 aromatic rings. The molecule has 1 aliphatic heterocycles. The molecule has 0 spiro atoms. The molecule has 1 saturated heterocycles. The minimum Gasteiger partial charge on any atom is -0.459 e. The van der Waals surface area contributed by atoms with Gasteiger partial charge in [0.25, 0.3) is 0 Å². The Morgan fingerprint density at radius 2 is 2.18 bits per heavy atom. The third kappa shape index (κ3) is 5.50. The van der Waals surface area contributed by atoms with Gasteiger partial charge in [0.15, 0.2) is 0 Å². The van der Waals surface area contributed by atoms with Gasteiger partial charge in [-0.25, -0.2) is 0 Å². The molecule has 4 heteroatoms. The minimum absolute atomic E-state index is 0.136. The summed E-state index contributed by atoms with van der Waals surface area (Å²) in [5.41, 5.74) is 5.52. The van der Waals surface area contributed by atoms with Crippen molar-refractivity contribution in [3.8, 4) is 0 Å². The summed E-state index contributed by atoms with van der Waals surface area (Å²) in [6.07, 6.45) is 2.29. The molecule has 0 amide bonds. The van der Waals surface area contributed by atoms with Crippen molar-refractivity contribution in [3.63, 3.8) is 0 Å². The molecule has 0 aromatic carbocycles. The van der Waals surface area contributed by atoms with Crippen LogP contribution in [-0.4, -0.2) is 42.1 Å². The molecule has 100 valence electrons. The number of nitrogens with two attached hydrogens (primary N) is 1. The van der Waals surface area contributed by atoms with Crippen LogP contribution in [0.25, 0.3) is 0 Å². The van der Waals surface area contributed by atoms with Crippen LogP contribution in [0.2, 0.25) is 0 Å². The Bertz CT molecular complexity index is 259. The summed E-state index contributed by atoms with van der Waals surface area (Å²) in [5.74, 6) is 0.369. The lowest BCUT2D eigenvalue weighted by atomic mass is 9.92.